The number of Topliss-reactive ketones (excluding diaryl/α,β-unsaturated/α-hetero) is 1. The van der Waals surface area contributed by atoms with Gasteiger partial charge < -0.3 is 0 Å². The molecule has 0 saturated carbocycles. The Bertz CT molecular complexity index is 323. The lowest BCUT2D eigenvalue weighted by Crippen LogP contribution is -2.15. The first-order valence-electron chi connectivity index (χ1n) is 4.23. The summed E-state index contributed by atoms with van der Waals surface area (Å²) in [7, 11) is 5.53. The van der Waals surface area contributed by atoms with Crippen molar-refractivity contribution in [3.8, 4) is 0 Å². The van der Waals surface area contributed by atoms with E-state index in [0.29, 0.717) is 17.4 Å². The Morgan fingerprint density at radius 3 is 2.85 bits per heavy atom. The molecule has 0 heterocycles. The molecule has 1 aromatic carbocycles. The molecule has 66 valence electrons. The van der Waals surface area contributed by atoms with Crippen LogP contribution in [0.5, 0.6) is 0 Å². The van der Waals surface area contributed by atoms with Gasteiger partial charge >= 0.3 is 0 Å². The summed E-state index contributed by atoms with van der Waals surface area (Å²) in [6.07, 6.45) is 1.16. The highest BCUT2D eigenvalue weighted by molar-refractivity contribution is 6.36. The Hall–Kier alpha value is -1.12. The molecule has 0 spiro atoms. The van der Waals surface area contributed by atoms with Crippen molar-refractivity contribution in [1.29, 1.82) is 0 Å². The molecule has 0 bridgehead atoms. The summed E-state index contributed by atoms with van der Waals surface area (Å²) in [5.41, 5.74) is 0.640. The maximum Gasteiger partial charge on any atom is 0.162 e. The van der Waals surface area contributed by atoms with Gasteiger partial charge in [0.25, 0.3) is 0 Å². The molecule has 0 unspecified atom stereocenters. The molecule has 0 aliphatic rings. The maximum atomic E-state index is 12.7. The number of hydrogen-bond acceptors (Lipinski definition) is 1. The Morgan fingerprint density at radius 2 is 2.23 bits per heavy atom. The van der Waals surface area contributed by atoms with E-state index in [0.717, 1.165) is 6.42 Å². The topological polar surface area (TPSA) is 17.1 Å². The third-order valence-corrected chi connectivity index (χ3v) is 1.79. The number of rotatable bonds is 3. The zero-order valence-corrected chi connectivity index (χ0v) is 7.51. The van der Waals surface area contributed by atoms with Crippen LogP contribution in [0, 0.1) is 5.82 Å². The monoisotopic (exact) mass is 176 g/mol. The van der Waals surface area contributed by atoms with E-state index in [-0.39, 0.29) is 5.78 Å². The molecule has 1 aromatic rings. The van der Waals surface area contributed by atoms with Crippen molar-refractivity contribution in [1.82, 2.24) is 0 Å². The van der Waals surface area contributed by atoms with Crippen LogP contribution in [-0.2, 0) is 0 Å². The van der Waals surface area contributed by atoms with Crippen LogP contribution in [-0.4, -0.2) is 13.6 Å². The minimum absolute atomic E-state index is 0.0977. The minimum atomic E-state index is -0.423. The molecular weight excluding hydrogens is 166 g/mol. The summed E-state index contributed by atoms with van der Waals surface area (Å²) >= 11 is 0. The van der Waals surface area contributed by atoms with Crippen LogP contribution < -0.4 is 5.46 Å². The van der Waals surface area contributed by atoms with E-state index in [1.807, 2.05) is 6.92 Å². The van der Waals surface area contributed by atoms with Gasteiger partial charge in [0.15, 0.2) is 5.78 Å². The van der Waals surface area contributed by atoms with Crippen LogP contribution in [0.25, 0.3) is 0 Å². The van der Waals surface area contributed by atoms with Crippen molar-refractivity contribution in [3.05, 3.63) is 29.6 Å². The predicted molar refractivity (Wildman–Crippen MR) is 51.0 cm³/mol. The van der Waals surface area contributed by atoms with Gasteiger partial charge in [0.1, 0.15) is 13.7 Å². The van der Waals surface area contributed by atoms with E-state index in [1.165, 1.54) is 18.2 Å². The first kappa shape index (κ1) is 9.97. The maximum absolute atomic E-state index is 12.7. The van der Waals surface area contributed by atoms with Gasteiger partial charge in [-0.2, -0.15) is 0 Å². The largest absolute Gasteiger partial charge is 0.294 e. The SMILES string of the molecule is [B]c1ccc(F)cc1C(=O)CCC. The smallest absolute Gasteiger partial charge is 0.162 e. The molecule has 1 rings (SSSR count). The Morgan fingerprint density at radius 1 is 1.54 bits per heavy atom. The Labute approximate surface area is 78.4 Å². The zero-order chi connectivity index (χ0) is 9.84. The van der Waals surface area contributed by atoms with E-state index in [4.69, 9.17) is 7.85 Å². The second-order valence-electron chi connectivity index (χ2n) is 2.90. The number of ketones is 1. The molecule has 0 aromatic heterocycles. The summed E-state index contributed by atoms with van der Waals surface area (Å²) in [4.78, 5) is 11.4. The molecule has 1 nitrogen and oxygen atoms in total. The molecule has 3 heteroatoms. The second-order valence-corrected chi connectivity index (χ2v) is 2.90. The van der Waals surface area contributed by atoms with Crippen molar-refractivity contribution in [3.63, 3.8) is 0 Å². The van der Waals surface area contributed by atoms with Crippen LogP contribution in [0.4, 0.5) is 4.39 Å². The highest BCUT2D eigenvalue weighted by Gasteiger charge is 2.07. The number of carbonyl (C=O) groups is 1. The predicted octanol–water partition coefficient (Wildman–Crippen LogP) is 1.60. The summed E-state index contributed by atoms with van der Waals surface area (Å²) in [6.45, 7) is 1.90. The molecule has 0 N–H and O–H groups in total. The first-order chi connectivity index (χ1) is 6.15. The first-order valence-corrected chi connectivity index (χ1v) is 4.23. The highest BCUT2D eigenvalue weighted by Crippen LogP contribution is 2.05. The van der Waals surface area contributed by atoms with E-state index in [2.05, 4.69) is 0 Å². The highest BCUT2D eigenvalue weighted by atomic mass is 19.1. The average Bonchev–Trinajstić information content (AvgIpc) is 2.09. The number of benzene rings is 1. The van der Waals surface area contributed by atoms with Crippen LogP contribution in [0.1, 0.15) is 30.1 Å². The van der Waals surface area contributed by atoms with Gasteiger partial charge in [-0.05, 0) is 18.6 Å². The van der Waals surface area contributed by atoms with Gasteiger partial charge in [-0.15, -0.1) is 0 Å². The van der Waals surface area contributed by atoms with Gasteiger partial charge in [0, 0.05) is 12.0 Å². The molecule has 0 atom stereocenters. The minimum Gasteiger partial charge on any atom is -0.294 e. The number of carbonyl (C=O) groups excluding carboxylic acids is 1. The summed E-state index contributed by atoms with van der Waals surface area (Å²) in [6, 6.07) is 3.85. The number of hydrogen-bond donors (Lipinski definition) is 0. The van der Waals surface area contributed by atoms with Crippen molar-refractivity contribution < 1.29 is 9.18 Å². The standard InChI is InChI=1S/C10H10BFO/c1-2-3-10(13)8-6-7(12)4-5-9(8)11/h4-6H,2-3H2,1H3. The fourth-order valence-corrected chi connectivity index (χ4v) is 1.13. The lowest BCUT2D eigenvalue weighted by molar-refractivity contribution is 0.0982. The molecule has 13 heavy (non-hydrogen) atoms. The van der Waals surface area contributed by atoms with Crippen LogP contribution >= 0.6 is 0 Å². The summed E-state index contributed by atoms with van der Waals surface area (Å²) < 4.78 is 12.7. The molecule has 0 amide bonds. The lowest BCUT2D eigenvalue weighted by Gasteiger charge is -2.03. The molecule has 0 aliphatic heterocycles. The fraction of sp³-hybridized carbons (Fsp3) is 0.300. The molecule has 0 fully saturated rings. The molecule has 2 radical (unpaired) electrons. The van der Waals surface area contributed by atoms with E-state index in [1.54, 1.807) is 0 Å². The van der Waals surface area contributed by atoms with Crippen molar-refractivity contribution in [2.45, 2.75) is 19.8 Å². The fourth-order valence-electron chi connectivity index (χ4n) is 1.13. The van der Waals surface area contributed by atoms with E-state index >= 15 is 0 Å². The average molecular weight is 176 g/mol. The molecule has 0 aliphatic carbocycles. The van der Waals surface area contributed by atoms with E-state index < -0.39 is 5.82 Å². The second kappa shape index (κ2) is 4.22. The third-order valence-electron chi connectivity index (χ3n) is 1.79. The number of halogens is 1. The van der Waals surface area contributed by atoms with Crippen molar-refractivity contribution in [2.24, 2.45) is 0 Å². The van der Waals surface area contributed by atoms with Gasteiger partial charge in [0.05, 0.1) is 0 Å². The van der Waals surface area contributed by atoms with Crippen molar-refractivity contribution >= 4 is 19.1 Å². The van der Waals surface area contributed by atoms with Crippen LogP contribution in [0.2, 0.25) is 0 Å². The van der Waals surface area contributed by atoms with Gasteiger partial charge in [-0.3, -0.25) is 4.79 Å². The Balaban J connectivity index is 2.99. The third kappa shape index (κ3) is 2.41. The van der Waals surface area contributed by atoms with Crippen LogP contribution in [0.15, 0.2) is 18.2 Å². The van der Waals surface area contributed by atoms with E-state index in [9.17, 15) is 9.18 Å². The normalized spacial score (nSPS) is 10.0. The quantitative estimate of drug-likeness (QED) is 0.504. The molecule has 0 saturated heterocycles. The summed E-state index contributed by atoms with van der Waals surface area (Å²) in [5, 5.41) is 0. The van der Waals surface area contributed by atoms with Crippen molar-refractivity contribution in [2.75, 3.05) is 0 Å². The Kier molecular flexibility index (Phi) is 3.23. The zero-order valence-electron chi connectivity index (χ0n) is 7.51. The van der Waals surface area contributed by atoms with Gasteiger partial charge in [-0.1, -0.05) is 18.5 Å². The molecular formula is C10H10BFO. The summed E-state index contributed by atoms with van der Waals surface area (Å²) in [5.74, 6) is -0.520. The van der Waals surface area contributed by atoms with Gasteiger partial charge in [0.2, 0.25) is 0 Å². The van der Waals surface area contributed by atoms with Crippen LogP contribution in [0.3, 0.4) is 0 Å². The lowest BCUT2D eigenvalue weighted by atomic mass is 9.87. The van der Waals surface area contributed by atoms with Gasteiger partial charge in [-0.25, -0.2) is 4.39 Å².